The summed E-state index contributed by atoms with van der Waals surface area (Å²) in [6, 6.07) is 6.09. The van der Waals surface area contributed by atoms with Crippen molar-refractivity contribution in [2.75, 3.05) is 0 Å². The third kappa shape index (κ3) is 5.14. The van der Waals surface area contributed by atoms with Crippen molar-refractivity contribution in [2.24, 2.45) is 0 Å². The van der Waals surface area contributed by atoms with Gasteiger partial charge in [-0.2, -0.15) is 0 Å². The van der Waals surface area contributed by atoms with Crippen molar-refractivity contribution in [3.8, 4) is 5.75 Å². The second-order valence-electron chi connectivity index (χ2n) is 4.98. The molecular weight excluding hydrogens is 292 g/mol. The maximum atomic E-state index is 11.4. The van der Waals surface area contributed by atoms with E-state index in [-0.39, 0.29) is 29.5 Å². The second-order valence-corrected chi connectivity index (χ2v) is 4.98. The summed E-state index contributed by atoms with van der Waals surface area (Å²) in [5.74, 6) is -0.280. The molecule has 4 N–H and O–H groups in total. The second kappa shape index (κ2) is 8.58. The Morgan fingerprint density at radius 3 is 2.61 bits per heavy atom. The van der Waals surface area contributed by atoms with E-state index in [4.69, 9.17) is 5.41 Å². The highest BCUT2D eigenvalue weighted by Crippen LogP contribution is 2.28. The van der Waals surface area contributed by atoms with E-state index >= 15 is 0 Å². The lowest BCUT2D eigenvalue weighted by molar-refractivity contribution is -0.119. The molecule has 23 heavy (non-hydrogen) atoms. The normalized spacial score (nSPS) is 13.3. The number of carbonyl (C=O) groups is 1. The third-order valence-corrected chi connectivity index (χ3v) is 3.26. The summed E-state index contributed by atoms with van der Waals surface area (Å²) in [5, 5.41) is 30.9. The number of para-hydroxylation sites is 1. The van der Waals surface area contributed by atoms with Crippen LogP contribution in [-0.2, 0) is 4.79 Å². The van der Waals surface area contributed by atoms with Gasteiger partial charge in [-0.3, -0.25) is 4.79 Å². The number of hydrogen-bond donors (Lipinski definition) is 4. The molecule has 1 unspecified atom stereocenters. The van der Waals surface area contributed by atoms with Crippen molar-refractivity contribution in [2.45, 2.75) is 26.3 Å². The lowest BCUT2D eigenvalue weighted by Crippen LogP contribution is -2.28. The van der Waals surface area contributed by atoms with Crippen LogP contribution in [0.5, 0.6) is 5.75 Å². The number of carbonyl (C=O) groups excluding carboxylic acids is 1. The van der Waals surface area contributed by atoms with Gasteiger partial charge in [0.15, 0.2) is 0 Å². The number of amides is 1. The van der Waals surface area contributed by atoms with Gasteiger partial charge in [0.2, 0.25) is 5.91 Å². The Morgan fingerprint density at radius 1 is 1.43 bits per heavy atom. The highest BCUT2D eigenvalue weighted by Gasteiger charge is 2.20. The molecule has 122 valence electrons. The summed E-state index contributed by atoms with van der Waals surface area (Å²) < 4.78 is 0. The fourth-order valence-electron chi connectivity index (χ4n) is 2.26. The zero-order chi connectivity index (χ0) is 17.4. The van der Waals surface area contributed by atoms with E-state index < -0.39 is 6.04 Å². The fraction of sp³-hybridized carbons (Fsp3) is 0.222. The Kier molecular flexibility index (Phi) is 6.80. The number of nitrogens with one attached hydrogen (secondary N) is 2. The van der Waals surface area contributed by atoms with Crippen LogP contribution >= 0.6 is 0 Å². The smallest absolute Gasteiger partial charge is 0.217 e. The van der Waals surface area contributed by atoms with Crippen LogP contribution in [0.25, 0.3) is 0 Å². The van der Waals surface area contributed by atoms with Crippen molar-refractivity contribution in [1.82, 2.24) is 5.32 Å². The number of hydrogen-bond acceptors (Lipinski definition) is 4. The van der Waals surface area contributed by atoms with Crippen LogP contribution in [0.1, 0.15) is 31.9 Å². The molecular formula is C18H22N2O3. The van der Waals surface area contributed by atoms with Gasteiger partial charge in [0, 0.05) is 30.2 Å². The molecule has 0 radical (unpaired) electrons. The molecule has 0 aliphatic rings. The average Bonchev–Trinajstić information content (AvgIpc) is 2.47. The van der Waals surface area contributed by atoms with E-state index in [1.165, 1.54) is 25.1 Å². The molecule has 1 aromatic rings. The first-order valence-corrected chi connectivity index (χ1v) is 7.21. The zero-order valence-electron chi connectivity index (χ0n) is 13.3. The van der Waals surface area contributed by atoms with Crippen molar-refractivity contribution in [3.63, 3.8) is 0 Å². The molecule has 5 nitrogen and oxygen atoms in total. The molecule has 0 aliphatic carbocycles. The first-order valence-electron chi connectivity index (χ1n) is 7.21. The summed E-state index contributed by atoms with van der Waals surface area (Å²) in [5.41, 5.74) is 1.02. The third-order valence-electron chi connectivity index (χ3n) is 3.26. The maximum absolute atomic E-state index is 11.4. The van der Waals surface area contributed by atoms with E-state index in [9.17, 15) is 15.0 Å². The summed E-state index contributed by atoms with van der Waals surface area (Å²) in [7, 11) is 0. The number of aliphatic hydroxyl groups is 1. The minimum atomic E-state index is -0.562. The van der Waals surface area contributed by atoms with Gasteiger partial charge in [-0.05, 0) is 19.1 Å². The Hall–Kier alpha value is -2.82. The Balaban J connectivity index is 3.09. The number of rotatable bonds is 7. The average molecular weight is 314 g/mol. The molecule has 5 heteroatoms. The predicted molar refractivity (Wildman–Crippen MR) is 91.7 cm³/mol. The molecule has 0 saturated heterocycles. The van der Waals surface area contributed by atoms with Gasteiger partial charge in [-0.15, -0.1) is 0 Å². The van der Waals surface area contributed by atoms with Crippen LogP contribution in [0.3, 0.4) is 0 Å². The van der Waals surface area contributed by atoms with E-state index in [2.05, 4.69) is 11.9 Å². The molecule has 1 atom stereocenters. The van der Waals surface area contributed by atoms with Crippen molar-refractivity contribution < 1.29 is 15.0 Å². The molecule has 0 saturated carbocycles. The molecule has 0 aromatic heterocycles. The minimum Gasteiger partial charge on any atom is -0.508 e. The van der Waals surface area contributed by atoms with E-state index in [0.29, 0.717) is 11.1 Å². The lowest BCUT2D eigenvalue weighted by Gasteiger charge is -2.20. The van der Waals surface area contributed by atoms with Crippen LogP contribution in [-0.4, -0.2) is 21.8 Å². The first-order chi connectivity index (χ1) is 10.9. The van der Waals surface area contributed by atoms with E-state index in [0.717, 1.165) is 0 Å². The van der Waals surface area contributed by atoms with Crippen molar-refractivity contribution in [3.05, 3.63) is 66.0 Å². The van der Waals surface area contributed by atoms with Crippen LogP contribution in [0.2, 0.25) is 0 Å². The van der Waals surface area contributed by atoms with Crippen LogP contribution in [0.15, 0.2) is 60.4 Å². The summed E-state index contributed by atoms with van der Waals surface area (Å²) in [4.78, 5) is 11.4. The summed E-state index contributed by atoms with van der Waals surface area (Å²) in [6.45, 7) is 6.60. The predicted octanol–water partition coefficient (Wildman–Crippen LogP) is 3.55. The number of aromatic hydroxyl groups is 1. The highest BCUT2D eigenvalue weighted by atomic mass is 16.3. The van der Waals surface area contributed by atoms with Gasteiger partial charge < -0.3 is 20.9 Å². The monoisotopic (exact) mass is 314 g/mol. The minimum absolute atomic E-state index is 0.0481. The highest BCUT2D eigenvalue weighted by molar-refractivity contribution is 6.01. The van der Waals surface area contributed by atoms with Gasteiger partial charge in [0.05, 0.1) is 6.04 Å². The SMILES string of the molecule is C=C/C=C(O)\C(=C/C)C(=N)CC(NC(C)=O)c1ccccc1O. The topological polar surface area (TPSA) is 93.4 Å². The Labute approximate surface area is 136 Å². The van der Waals surface area contributed by atoms with Crippen molar-refractivity contribution >= 4 is 11.6 Å². The van der Waals surface area contributed by atoms with Crippen LogP contribution < -0.4 is 5.32 Å². The fourth-order valence-corrected chi connectivity index (χ4v) is 2.26. The maximum Gasteiger partial charge on any atom is 0.217 e. The molecule has 1 aromatic carbocycles. The lowest BCUT2D eigenvalue weighted by atomic mass is 9.95. The van der Waals surface area contributed by atoms with Gasteiger partial charge in [0.1, 0.15) is 11.5 Å². The number of phenolic OH excluding ortho intramolecular Hbond substituents is 1. The first kappa shape index (κ1) is 18.2. The van der Waals surface area contributed by atoms with Gasteiger partial charge >= 0.3 is 0 Å². The van der Waals surface area contributed by atoms with Gasteiger partial charge in [-0.25, -0.2) is 0 Å². The number of benzene rings is 1. The molecule has 0 spiro atoms. The van der Waals surface area contributed by atoms with E-state index in [1.807, 2.05) is 0 Å². The zero-order valence-corrected chi connectivity index (χ0v) is 13.3. The Morgan fingerprint density at radius 2 is 2.09 bits per heavy atom. The van der Waals surface area contributed by atoms with Crippen LogP contribution in [0, 0.1) is 5.41 Å². The van der Waals surface area contributed by atoms with Crippen LogP contribution in [0.4, 0.5) is 0 Å². The number of aliphatic hydroxyl groups excluding tert-OH is 1. The molecule has 1 amide bonds. The van der Waals surface area contributed by atoms with E-state index in [1.54, 1.807) is 31.2 Å². The molecule has 0 heterocycles. The Bertz CT molecular complexity index is 660. The standard InChI is InChI=1S/C18H22N2O3/c1-4-8-17(22)13(5-2)15(19)11-16(20-12(3)21)14-9-6-7-10-18(14)23/h4-10,16,19,22-23H,1,11H2,2-3H3,(H,20,21)/b13-5-,17-8+,19-15?. The summed E-state index contributed by atoms with van der Waals surface area (Å²) >= 11 is 0. The summed E-state index contributed by atoms with van der Waals surface area (Å²) in [6.07, 6.45) is 4.58. The molecule has 0 aliphatic heterocycles. The van der Waals surface area contributed by atoms with Crippen molar-refractivity contribution in [1.29, 1.82) is 5.41 Å². The molecule has 1 rings (SSSR count). The number of allylic oxidation sites excluding steroid dienone is 4. The molecule has 0 bridgehead atoms. The van der Waals surface area contributed by atoms with Gasteiger partial charge in [0.25, 0.3) is 0 Å². The van der Waals surface area contributed by atoms with Gasteiger partial charge in [-0.1, -0.05) is 36.9 Å². The molecule has 0 fully saturated rings. The quantitative estimate of drug-likeness (QED) is 0.352. The largest absolute Gasteiger partial charge is 0.508 e. The number of phenols is 1.